The Balaban J connectivity index is 2.96. The summed E-state index contributed by atoms with van der Waals surface area (Å²) in [5.41, 5.74) is 12.2. The number of ether oxygens (including phenoxy) is 1. The number of para-hydroxylation sites is 1. The standard InChI is InChI=1S/C10H14N2O2/c1-6(2)14-10(13)7-4-3-5-8(11)9(7)12/h3-6H,11-12H2,1-2H3. The average Bonchev–Trinajstić information content (AvgIpc) is 2.08. The highest BCUT2D eigenvalue weighted by atomic mass is 16.5. The Bertz CT molecular complexity index is 348. The Morgan fingerprint density at radius 1 is 1.36 bits per heavy atom. The fourth-order valence-corrected chi connectivity index (χ4v) is 1.04. The van der Waals surface area contributed by atoms with Crippen molar-refractivity contribution < 1.29 is 9.53 Å². The normalized spacial score (nSPS) is 10.2. The van der Waals surface area contributed by atoms with Crippen LogP contribution in [0.5, 0.6) is 0 Å². The summed E-state index contributed by atoms with van der Waals surface area (Å²) in [5.74, 6) is -0.440. The van der Waals surface area contributed by atoms with E-state index < -0.39 is 5.97 Å². The Morgan fingerprint density at radius 3 is 2.57 bits per heavy atom. The molecule has 76 valence electrons. The van der Waals surface area contributed by atoms with Crippen LogP contribution in [0.1, 0.15) is 24.2 Å². The molecular weight excluding hydrogens is 180 g/mol. The maximum atomic E-state index is 11.5. The predicted molar refractivity (Wildman–Crippen MR) is 55.8 cm³/mol. The summed E-state index contributed by atoms with van der Waals surface area (Å²) in [4.78, 5) is 11.5. The molecule has 0 radical (unpaired) electrons. The van der Waals surface area contributed by atoms with E-state index in [4.69, 9.17) is 16.2 Å². The van der Waals surface area contributed by atoms with Crippen LogP contribution >= 0.6 is 0 Å². The summed E-state index contributed by atoms with van der Waals surface area (Å²) in [6.07, 6.45) is -0.164. The Morgan fingerprint density at radius 2 is 2.00 bits per heavy atom. The van der Waals surface area contributed by atoms with Gasteiger partial charge in [0, 0.05) is 0 Å². The zero-order chi connectivity index (χ0) is 10.7. The zero-order valence-corrected chi connectivity index (χ0v) is 8.28. The Labute approximate surface area is 82.8 Å². The van der Waals surface area contributed by atoms with E-state index in [1.807, 2.05) is 0 Å². The molecular formula is C10H14N2O2. The van der Waals surface area contributed by atoms with Gasteiger partial charge in [-0.05, 0) is 26.0 Å². The first kappa shape index (κ1) is 10.4. The minimum absolute atomic E-state index is 0.164. The van der Waals surface area contributed by atoms with Gasteiger partial charge in [-0.15, -0.1) is 0 Å². The van der Waals surface area contributed by atoms with Gasteiger partial charge in [0.25, 0.3) is 0 Å². The number of anilines is 2. The first-order chi connectivity index (χ1) is 6.52. The number of carbonyl (C=O) groups excluding carboxylic acids is 1. The number of nitrogens with two attached hydrogens (primary N) is 2. The molecule has 4 heteroatoms. The molecule has 0 aromatic heterocycles. The molecule has 1 rings (SSSR count). The lowest BCUT2D eigenvalue weighted by atomic mass is 10.1. The van der Waals surface area contributed by atoms with Gasteiger partial charge < -0.3 is 16.2 Å². The van der Waals surface area contributed by atoms with Crippen LogP contribution in [0.15, 0.2) is 18.2 Å². The monoisotopic (exact) mass is 194 g/mol. The second-order valence-corrected chi connectivity index (χ2v) is 3.26. The summed E-state index contributed by atoms with van der Waals surface area (Å²) in [6.45, 7) is 3.56. The van der Waals surface area contributed by atoms with Crippen molar-refractivity contribution in [3.8, 4) is 0 Å². The molecule has 0 amide bonds. The molecule has 1 aromatic carbocycles. The van der Waals surface area contributed by atoms with Crippen LogP contribution in [-0.4, -0.2) is 12.1 Å². The number of esters is 1. The van der Waals surface area contributed by atoms with Crippen LogP contribution in [-0.2, 0) is 4.74 Å². The maximum absolute atomic E-state index is 11.5. The van der Waals surface area contributed by atoms with Gasteiger partial charge in [0.15, 0.2) is 0 Å². The van der Waals surface area contributed by atoms with Crippen LogP contribution < -0.4 is 11.5 Å². The van der Waals surface area contributed by atoms with E-state index in [0.717, 1.165) is 0 Å². The highest BCUT2D eigenvalue weighted by Gasteiger charge is 2.13. The van der Waals surface area contributed by atoms with E-state index in [1.165, 1.54) is 0 Å². The summed E-state index contributed by atoms with van der Waals surface area (Å²) in [7, 11) is 0. The molecule has 0 aliphatic rings. The topological polar surface area (TPSA) is 78.3 Å². The van der Waals surface area contributed by atoms with Crippen molar-refractivity contribution in [2.45, 2.75) is 20.0 Å². The van der Waals surface area contributed by atoms with Gasteiger partial charge in [-0.3, -0.25) is 0 Å². The highest BCUT2D eigenvalue weighted by Crippen LogP contribution is 2.20. The van der Waals surface area contributed by atoms with Crippen LogP contribution in [0, 0.1) is 0 Å². The molecule has 0 aliphatic heterocycles. The molecule has 0 fully saturated rings. The summed E-state index contributed by atoms with van der Waals surface area (Å²) < 4.78 is 5.00. The maximum Gasteiger partial charge on any atom is 0.340 e. The highest BCUT2D eigenvalue weighted by molar-refractivity contribution is 5.98. The minimum Gasteiger partial charge on any atom is -0.459 e. The molecule has 14 heavy (non-hydrogen) atoms. The van der Waals surface area contributed by atoms with Gasteiger partial charge >= 0.3 is 5.97 Å². The molecule has 0 atom stereocenters. The first-order valence-electron chi connectivity index (χ1n) is 4.37. The summed E-state index contributed by atoms with van der Waals surface area (Å²) in [6, 6.07) is 4.90. The zero-order valence-electron chi connectivity index (χ0n) is 8.28. The average molecular weight is 194 g/mol. The molecule has 0 saturated heterocycles. The lowest BCUT2D eigenvalue weighted by Gasteiger charge is -2.10. The van der Waals surface area contributed by atoms with Gasteiger partial charge in [-0.2, -0.15) is 0 Å². The van der Waals surface area contributed by atoms with Gasteiger partial charge in [0.1, 0.15) is 0 Å². The first-order valence-corrected chi connectivity index (χ1v) is 4.37. The summed E-state index contributed by atoms with van der Waals surface area (Å²) in [5, 5.41) is 0. The van der Waals surface area contributed by atoms with Gasteiger partial charge in [-0.25, -0.2) is 4.79 Å². The summed E-state index contributed by atoms with van der Waals surface area (Å²) >= 11 is 0. The van der Waals surface area contributed by atoms with E-state index in [-0.39, 0.29) is 11.8 Å². The smallest absolute Gasteiger partial charge is 0.340 e. The molecule has 0 saturated carbocycles. The van der Waals surface area contributed by atoms with Crippen molar-refractivity contribution in [3.05, 3.63) is 23.8 Å². The third-order valence-electron chi connectivity index (χ3n) is 1.70. The lowest BCUT2D eigenvalue weighted by molar-refractivity contribution is 0.0379. The van der Waals surface area contributed by atoms with Gasteiger partial charge in [0.2, 0.25) is 0 Å². The van der Waals surface area contributed by atoms with Crippen LogP contribution in [0.25, 0.3) is 0 Å². The Kier molecular flexibility index (Phi) is 2.96. The van der Waals surface area contributed by atoms with Crippen LogP contribution in [0.2, 0.25) is 0 Å². The van der Waals surface area contributed by atoms with E-state index in [0.29, 0.717) is 11.3 Å². The second kappa shape index (κ2) is 4.00. The minimum atomic E-state index is -0.440. The number of benzene rings is 1. The van der Waals surface area contributed by atoms with E-state index in [2.05, 4.69) is 0 Å². The quantitative estimate of drug-likeness (QED) is 0.551. The fraction of sp³-hybridized carbons (Fsp3) is 0.300. The molecule has 0 spiro atoms. The molecule has 1 aromatic rings. The molecule has 0 unspecified atom stereocenters. The van der Waals surface area contributed by atoms with Crippen molar-refractivity contribution in [2.24, 2.45) is 0 Å². The van der Waals surface area contributed by atoms with Gasteiger partial charge in [-0.1, -0.05) is 6.07 Å². The van der Waals surface area contributed by atoms with Crippen LogP contribution in [0.3, 0.4) is 0 Å². The van der Waals surface area contributed by atoms with Crippen molar-refractivity contribution in [2.75, 3.05) is 11.5 Å². The Hall–Kier alpha value is -1.71. The number of nitrogen functional groups attached to an aromatic ring is 2. The molecule has 0 aliphatic carbocycles. The fourth-order valence-electron chi connectivity index (χ4n) is 1.04. The number of rotatable bonds is 2. The van der Waals surface area contributed by atoms with Gasteiger partial charge in [0.05, 0.1) is 23.0 Å². The van der Waals surface area contributed by atoms with E-state index >= 15 is 0 Å². The van der Waals surface area contributed by atoms with Crippen molar-refractivity contribution in [3.63, 3.8) is 0 Å². The number of hydrogen-bond acceptors (Lipinski definition) is 4. The lowest BCUT2D eigenvalue weighted by Crippen LogP contribution is -2.14. The second-order valence-electron chi connectivity index (χ2n) is 3.26. The third kappa shape index (κ3) is 2.16. The predicted octanol–water partition coefficient (Wildman–Crippen LogP) is 1.42. The van der Waals surface area contributed by atoms with E-state index in [1.54, 1.807) is 32.0 Å². The molecule has 4 nitrogen and oxygen atoms in total. The van der Waals surface area contributed by atoms with Crippen molar-refractivity contribution in [1.29, 1.82) is 0 Å². The third-order valence-corrected chi connectivity index (χ3v) is 1.70. The molecule has 0 bridgehead atoms. The van der Waals surface area contributed by atoms with Crippen molar-refractivity contribution in [1.82, 2.24) is 0 Å². The largest absolute Gasteiger partial charge is 0.459 e. The van der Waals surface area contributed by atoms with E-state index in [9.17, 15) is 4.79 Å². The van der Waals surface area contributed by atoms with Crippen LogP contribution in [0.4, 0.5) is 11.4 Å². The van der Waals surface area contributed by atoms with Crippen molar-refractivity contribution >= 4 is 17.3 Å². The molecule has 0 heterocycles. The number of hydrogen-bond donors (Lipinski definition) is 2. The number of carbonyl (C=O) groups is 1. The molecule has 4 N–H and O–H groups in total. The SMILES string of the molecule is CC(C)OC(=O)c1cccc(N)c1N.